The van der Waals surface area contributed by atoms with Gasteiger partial charge < -0.3 is 19.5 Å². The summed E-state index contributed by atoms with van der Waals surface area (Å²) in [5, 5.41) is 2.60. The lowest BCUT2D eigenvalue weighted by molar-refractivity contribution is -0.116. The minimum absolute atomic E-state index is 0.0392. The van der Waals surface area contributed by atoms with Gasteiger partial charge in [0.05, 0.1) is 32.2 Å². The fourth-order valence-electron chi connectivity index (χ4n) is 2.98. The van der Waals surface area contributed by atoms with Crippen LogP contribution < -0.4 is 14.8 Å². The molecule has 0 radical (unpaired) electrons. The molecular formula is C19H28N2O6S. The summed E-state index contributed by atoms with van der Waals surface area (Å²) < 4.78 is 42.3. The number of carbonyl (C=O) groups is 1. The van der Waals surface area contributed by atoms with Crippen molar-refractivity contribution in [2.45, 2.75) is 26.1 Å². The van der Waals surface area contributed by atoms with Crippen LogP contribution in [0, 0.1) is 0 Å². The number of hydrogen-bond donors (Lipinski definition) is 1. The van der Waals surface area contributed by atoms with Crippen LogP contribution in [0.15, 0.2) is 24.3 Å². The molecular weight excluding hydrogens is 384 g/mol. The summed E-state index contributed by atoms with van der Waals surface area (Å²) in [5.41, 5.74) is 0.761. The van der Waals surface area contributed by atoms with Gasteiger partial charge in [-0.3, -0.25) is 4.79 Å². The zero-order chi connectivity index (χ0) is 20.7. The molecule has 28 heavy (non-hydrogen) atoms. The maximum atomic E-state index is 12.4. The summed E-state index contributed by atoms with van der Waals surface area (Å²) in [7, 11) is -0.360. The summed E-state index contributed by atoms with van der Waals surface area (Å²) in [6.45, 7) is 4.40. The molecule has 1 aromatic rings. The molecule has 1 aliphatic rings. The number of hydrogen-bond acceptors (Lipinski definition) is 6. The predicted molar refractivity (Wildman–Crippen MR) is 107 cm³/mol. The molecule has 0 spiro atoms. The normalized spacial score (nSPS) is 20.9. The second-order valence-corrected chi connectivity index (χ2v) is 8.72. The number of rotatable bonds is 8. The molecule has 1 heterocycles. The van der Waals surface area contributed by atoms with Crippen molar-refractivity contribution >= 4 is 22.0 Å². The number of sulfonamides is 1. The largest absolute Gasteiger partial charge is 0.493 e. The number of benzene rings is 1. The number of ether oxygens (including phenoxy) is 3. The molecule has 0 bridgehead atoms. The first-order valence-corrected chi connectivity index (χ1v) is 10.7. The number of nitrogens with one attached hydrogen (secondary N) is 1. The monoisotopic (exact) mass is 412 g/mol. The van der Waals surface area contributed by atoms with Crippen LogP contribution in [0.25, 0.3) is 6.08 Å². The number of amides is 1. The standard InChI is InChI=1S/C19H28N2O6S/c1-14-12-21(13-15(2)27-14)28(23,24)10-9-20-19(22)8-6-16-5-7-17(25-3)18(11-16)26-4/h5-8,11,14-15H,9-10,12-13H2,1-4H3,(H,20,22)/b8-6+. The van der Waals surface area contributed by atoms with Crippen LogP contribution in [-0.4, -0.2) is 70.4 Å². The Kier molecular flexibility index (Phi) is 7.85. The minimum atomic E-state index is -3.44. The Bertz CT molecular complexity index is 799. The molecule has 0 aliphatic carbocycles. The van der Waals surface area contributed by atoms with Crippen LogP contribution in [0.5, 0.6) is 11.5 Å². The molecule has 1 amide bonds. The van der Waals surface area contributed by atoms with Crippen molar-refractivity contribution in [1.82, 2.24) is 9.62 Å². The van der Waals surface area contributed by atoms with Crippen LogP contribution in [0.3, 0.4) is 0 Å². The molecule has 156 valence electrons. The molecule has 0 aromatic heterocycles. The van der Waals surface area contributed by atoms with Gasteiger partial charge in [-0.1, -0.05) is 6.07 Å². The highest BCUT2D eigenvalue weighted by molar-refractivity contribution is 7.89. The second-order valence-electron chi connectivity index (χ2n) is 6.63. The Labute approximate surface area is 166 Å². The topological polar surface area (TPSA) is 94.2 Å². The molecule has 1 N–H and O–H groups in total. The first-order valence-electron chi connectivity index (χ1n) is 9.06. The fraction of sp³-hybridized carbons (Fsp3) is 0.526. The van der Waals surface area contributed by atoms with E-state index >= 15 is 0 Å². The Morgan fingerprint density at radius 1 is 1.21 bits per heavy atom. The van der Waals surface area contributed by atoms with Crippen molar-refractivity contribution in [2.24, 2.45) is 0 Å². The van der Waals surface area contributed by atoms with E-state index in [1.165, 1.54) is 17.5 Å². The van der Waals surface area contributed by atoms with Crippen molar-refractivity contribution in [3.8, 4) is 11.5 Å². The molecule has 2 rings (SSSR count). The van der Waals surface area contributed by atoms with E-state index in [1.807, 2.05) is 13.8 Å². The van der Waals surface area contributed by atoms with Crippen LogP contribution >= 0.6 is 0 Å². The highest BCUT2D eigenvalue weighted by Gasteiger charge is 2.30. The molecule has 8 nitrogen and oxygen atoms in total. The van der Waals surface area contributed by atoms with Crippen LogP contribution in [0.4, 0.5) is 0 Å². The van der Waals surface area contributed by atoms with Crippen molar-refractivity contribution in [3.63, 3.8) is 0 Å². The van der Waals surface area contributed by atoms with Gasteiger partial charge in [0, 0.05) is 25.7 Å². The average Bonchev–Trinajstić information content (AvgIpc) is 2.65. The molecule has 2 atom stereocenters. The Morgan fingerprint density at radius 3 is 2.46 bits per heavy atom. The molecule has 1 saturated heterocycles. The average molecular weight is 413 g/mol. The van der Waals surface area contributed by atoms with Gasteiger partial charge in [0.2, 0.25) is 15.9 Å². The van der Waals surface area contributed by atoms with Gasteiger partial charge in [-0.05, 0) is 37.6 Å². The Balaban J connectivity index is 1.86. The highest BCUT2D eigenvalue weighted by atomic mass is 32.2. The van der Waals surface area contributed by atoms with Crippen LogP contribution in [-0.2, 0) is 19.6 Å². The number of morpholine rings is 1. The molecule has 1 aromatic carbocycles. The van der Waals surface area contributed by atoms with Gasteiger partial charge in [0.15, 0.2) is 11.5 Å². The number of methoxy groups -OCH3 is 2. The minimum Gasteiger partial charge on any atom is -0.493 e. The number of nitrogens with zero attached hydrogens (tertiary/aromatic N) is 1. The van der Waals surface area contributed by atoms with Gasteiger partial charge in [-0.2, -0.15) is 4.31 Å². The lowest BCUT2D eigenvalue weighted by Gasteiger charge is -2.34. The third kappa shape index (κ3) is 6.22. The van der Waals surface area contributed by atoms with E-state index in [-0.39, 0.29) is 30.4 Å². The van der Waals surface area contributed by atoms with Gasteiger partial charge in [0.25, 0.3) is 0 Å². The van der Waals surface area contributed by atoms with Crippen molar-refractivity contribution < 1.29 is 27.4 Å². The molecule has 9 heteroatoms. The molecule has 2 unspecified atom stereocenters. The smallest absolute Gasteiger partial charge is 0.244 e. The molecule has 0 saturated carbocycles. The molecule has 1 aliphatic heterocycles. The van der Waals surface area contributed by atoms with E-state index < -0.39 is 10.0 Å². The van der Waals surface area contributed by atoms with E-state index in [9.17, 15) is 13.2 Å². The van der Waals surface area contributed by atoms with E-state index in [1.54, 1.807) is 31.4 Å². The van der Waals surface area contributed by atoms with Crippen molar-refractivity contribution in [2.75, 3.05) is 39.6 Å². The fourth-order valence-corrected chi connectivity index (χ4v) is 4.47. The summed E-state index contributed by atoms with van der Waals surface area (Å²) in [6, 6.07) is 5.28. The first kappa shape index (κ1) is 22.2. The van der Waals surface area contributed by atoms with Gasteiger partial charge in [0.1, 0.15) is 0 Å². The van der Waals surface area contributed by atoms with E-state index in [0.717, 1.165) is 5.56 Å². The maximum absolute atomic E-state index is 12.4. The third-order valence-electron chi connectivity index (χ3n) is 4.27. The van der Waals surface area contributed by atoms with E-state index in [0.29, 0.717) is 24.6 Å². The first-order chi connectivity index (χ1) is 13.2. The quantitative estimate of drug-likeness (QED) is 0.647. The molecule has 1 fully saturated rings. The van der Waals surface area contributed by atoms with Gasteiger partial charge >= 0.3 is 0 Å². The Morgan fingerprint density at radius 2 is 1.86 bits per heavy atom. The number of carbonyl (C=O) groups excluding carboxylic acids is 1. The third-order valence-corrected chi connectivity index (χ3v) is 6.08. The van der Waals surface area contributed by atoms with E-state index in [2.05, 4.69) is 5.32 Å². The second kappa shape index (κ2) is 9.90. The van der Waals surface area contributed by atoms with E-state index in [4.69, 9.17) is 14.2 Å². The van der Waals surface area contributed by atoms with Crippen molar-refractivity contribution in [1.29, 1.82) is 0 Å². The summed E-state index contributed by atoms with van der Waals surface area (Å²) in [5.74, 6) is 0.641. The van der Waals surface area contributed by atoms with Gasteiger partial charge in [-0.25, -0.2) is 8.42 Å². The lowest BCUT2D eigenvalue weighted by Crippen LogP contribution is -2.49. The maximum Gasteiger partial charge on any atom is 0.244 e. The highest BCUT2D eigenvalue weighted by Crippen LogP contribution is 2.27. The lowest BCUT2D eigenvalue weighted by atomic mass is 10.2. The van der Waals surface area contributed by atoms with Crippen molar-refractivity contribution in [3.05, 3.63) is 29.8 Å². The summed E-state index contributed by atoms with van der Waals surface area (Å²) in [4.78, 5) is 12.0. The SMILES string of the molecule is COc1ccc(/C=C/C(=O)NCCS(=O)(=O)N2CC(C)OC(C)C2)cc1OC. The Hall–Kier alpha value is -2.10. The zero-order valence-electron chi connectivity index (χ0n) is 16.7. The van der Waals surface area contributed by atoms with Crippen LogP contribution in [0.1, 0.15) is 19.4 Å². The summed E-state index contributed by atoms with van der Waals surface area (Å²) in [6.07, 6.45) is 2.69. The van der Waals surface area contributed by atoms with Gasteiger partial charge in [-0.15, -0.1) is 0 Å². The summed E-state index contributed by atoms with van der Waals surface area (Å²) >= 11 is 0. The zero-order valence-corrected chi connectivity index (χ0v) is 17.5. The van der Waals surface area contributed by atoms with Crippen LogP contribution in [0.2, 0.25) is 0 Å². The predicted octanol–water partition coefficient (Wildman–Crippen LogP) is 1.27.